The second kappa shape index (κ2) is 8.37. The van der Waals surface area contributed by atoms with Crippen molar-refractivity contribution in [1.82, 2.24) is 4.98 Å². The molecule has 158 valence electrons. The second-order valence-electron chi connectivity index (χ2n) is 7.51. The molecule has 0 aliphatic rings. The number of methoxy groups -OCH3 is 1. The fraction of sp³-hybridized carbons (Fsp3) is 0.0769. The highest BCUT2D eigenvalue weighted by atomic mass is 79.9. The molecule has 0 aliphatic heterocycles. The molecule has 0 bridgehead atoms. The van der Waals surface area contributed by atoms with Crippen LogP contribution in [0.25, 0.3) is 31.6 Å². The van der Waals surface area contributed by atoms with E-state index in [1.807, 2.05) is 60.7 Å². The molecule has 0 atom stereocenters. The van der Waals surface area contributed by atoms with Crippen molar-refractivity contribution in [2.75, 3.05) is 12.4 Å². The minimum atomic E-state index is -0.225. The van der Waals surface area contributed by atoms with Crippen molar-refractivity contribution in [2.45, 2.75) is 6.92 Å². The Hall–Kier alpha value is -3.22. The van der Waals surface area contributed by atoms with Gasteiger partial charge in [0, 0.05) is 11.3 Å². The summed E-state index contributed by atoms with van der Waals surface area (Å²) in [6, 6.07) is 23.8. The Morgan fingerprint density at radius 1 is 1.03 bits per heavy atom. The van der Waals surface area contributed by atoms with Crippen LogP contribution in [-0.2, 0) is 0 Å². The van der Waals surface area contributed by atoms with Gasteiger partial charge in [-0.05, 0) is 81.7 Å². The van der Waals surface area contributed by atoms with Crippen LogP contribution < -0.4 is 10.1 Å². The normalized spacial score (nSPS) is 11.1. The van der Waals surface area contributed by atoms with E-state index in [9.17, 15) is 4.79 Å². The SMILES string of the molecule is COc1c(C(=O)Nc2ccc(-c3nc4ccc(C)cc4s3)cc2)cc2ccccc2c1Br. The number of carbonyl (C=O) groups is 1. The highest BCUT2D eigenvalue weighted by Crippen LogP contribution is 2.37. The first-order valence-corrected chi connectivity index (χ1v) is 11.7. The number of fused-ring (bicyclic) bond motifs is 2. The molecule has 32 heavy (non-hydrogen) atoms. The number of anilines is 1. The fourth-order valence-electron chi connectivity index (χ4n) is 3.70. The Labute approximate surface area is 198 Å². The zero-order chi connectivity index (χ0) is 22.2. The summed E-state index contributed by atoms with van der Waals surface area (Å²) in [7, 11) is 1.57. The van der Waals surface area contributed by atoms with E-state index in [1.54, 1.807) is 18.4 Å². The molecular weight excluding hydrogens is 484 g/mol. The molecule has 0 fully saturated rings. The number of thiazole rings is 1. The van der Waals surface area contributed by atoms with Crippen molar-refractivity contribution in [2.24, 2.45) is 0 Å². The van der Waals surface area contributed by atoms with E-state index in [-0.39, 0.29) is 5.91 Å². The first kappa shape index (κ1) is 20.7. The Morgan fingerprint density at radius 3 is 2.59 bits per heavy atom. The maximum Gasteiger partial charge on any atom is 0.259 e. The molecule has 1 aromatic heterocycles. The lowest BCUT2D eigenvalue weighted by Crippen LogP contribution is -2.13. The molecule has 0 spiro atoms. The third-order valence-electron chi connectivity index (χ3n) is 5.32. The minimum absolute atomic E-state index is 0.225. The summed E-state index contributed by atoms with van der Waals surface area (Å²) in [5.74, 6) is 0.291. The van der Waals surface area contributed by atoms with Crippen LogP contribution >= 0.6 is 27.3 Å². The van der Waals surface area contributed by atoms with Crippen molar-refractivity contribution >= 4 is 59.9 Å². The molecule has 0 unspecified atom stereocenters. The minimum Gasteiger partial charge on any atom is -0.495 e. The standard InChI is InChI=1S/C26H19BrN2O2S/c1-15-7-12-21-22(13-15)32-26(29-21)16-8-10-18(11-9-16)28-25(30)20-14-17-5-3-4-6-19(17)23(27)24(20)31-2/h3-14H,1-2H3,(H,28,30). The summed E-state index contributed by atoms with van der Waals surface area (Å²) in [5, 5.41) is 5.90. The van der Waals surface area contributed by atoms with Crippen molar-refractivity contribution in [1.29, 1.82) is 0 Å². The number of rotatable bonds is 4. The summed E-state index contributed by atoms with van der Waals surface area (Å²) >= 11 is 5.26. The third-order valence-corrected chi connectivity index (χ3v) is 7.18. The number of nitrogens with one attached hydrogen (secondary N) is 1. The van der Waals surface area contributed by atoms with Crippen LogP contribution in [-0.4, -0.2) is 18.0 Å². The molecule has 0 saturated carbocycles. The molecule has 4 aromatic carbocycles. The largest absolute Gasteiger partial charge is 0.495 e. The molecule has 1 N–H and O–H groups in total. The molecule has 6 heteroatoms. The molecular formula is C26H19BrN2O2S. The number of benzene rings is 4. The lowest BCUT2D eigenvalue weighted by molar-refractivity contribution is 0.102. The smallest absolute Gasteiger partial charge is 0.259 e. The summed E-state index contributed by atoms with van der Waals surface area (Å²) < 4.78 is 7.48. The maximum absolute atomic E-state index is 13.1. The first-order valence-electron chi connectivity index (χ1n) is 10.1. The number of nitrogens with zero attached hydrogens (tertiary/aromatic N) is 1. The van der Waals surface area contributed by atoms with Crippen LogP contribution in [0.5, 0.6) is 5.75 Å². The van der Waals surface area contributed by atoms with E-state index in [0.29, 0.717) is 17.0 Å². The molecule has 1 amide bonds. The fourth-order valence-corrected chi connectivity index (χ4v) is 5.51. The number of amides is 1. The highest BCUT2D eigenvalue weighted by Gasteiger charge is 2.18. The number of carbonyl (C=O) groups excluding carboxylic acids is 1. The van der Waals surface area contributed by atoms with Crippen LogP contribution in [0.1, 0.15) is 15.9 Å². The Bertz CT molecular complexity index is 1480. The Morgan fingerprint density at radius 2 is 1.81 bits per heavy atom. The van der Waals surface area contributed by atoms with Gasteiger partial charge in [0.05, 0.1) is 27.4 Å². The summed E-state index contributed by atoms with van der Waals surface area (Å²) in [6.45, 7) is 2.08. The predicted molar refractivity (Wildman–Crippen MR) is 136 cm³/mol. The molecule has 4 nitrogen and oxygen atoms in total. The highest BCUT2D eigenvalue weighted by molar-refractivity contribution is 9.10. The van der Waals surface area contributed by atoms with Crippen LogP contribution in [0.2, 0.25) is 0 Å². The summed E-state index contributed by atoms with van der Waals surface area (Å²) in [4.78, 5) is 17.8. The summed E-state index contributed by atoms with van der Waals surface area (Å²) in [5.41, 5.74) is 4.43. The zero-order valence-corrected chi connectivity index (χ0v) is 19.9. The number of hydrogen-bond donors (Lipinski definition) is 1. The number of halogens is 1. The predicted octanol–water partition coefficient (Wildman–Crippen LogP) is 7.45. The van der Waals surface area contributed by atoms with Gasteiger partial charge in [-0.2, -0.15) is 0 Å². The first-order chi connectivity index (χ1) is 15.5. The van der Waals surface area contributed by atoms with Crippen molar-refractivity contribution < 1.29 is 9.53 Å². The van der Waals surface area contributed by atoms with Gasteiger partial charge in [-0.1, -0.05) is 30.3 Å². The number of hydrogen-bond acceptors (Lipinski definition) is 4. The van der Waals surface area contributed by atoms with Gasteiger partial charge in [-0.25, -0.2) is 4.98 Å². The number of aromatic nitrogens is 1. The van der Waals surface area contributed by atoms with Crippen LogP contribution in [0.4, 0.5) is 5.69 Å². The van der Waals surface area contributed by atoms with Gasteiger partial charge in [-0.3, -0.25) is 4.79 Å². The van der Waals surface area contributed by atoms with Gasteiger partial charge in [0.1, 0.15) is 10.8 Å². The van der Waals surface area contributed by atoms with Gasteiger partial charge >= 0.3 is 0 Å². The molecule has 0 aliphatic carbocycles. The van der Waals surface area contributed by atoms with Crippen LogP contribution in [0.3, 0.4) is 0 Å². The van der Waals surface area contributed by atoms with Gasteiger partial charge in [0.2, 0.25) is 0 Å². The van der Waals surface area contributed by atoms with Gasteiger partial charge in [-0.15, -0.1) is 11.3 Å². The van der Waals surface area contributed by atoms with E-state index in [1.165, 1.54) is 10.3 Å². The maximum atomic E-state index is 13.1. The average molecular weight is 503 g/mol. The van der Waals surface area contributed by atoms with Crippen molar-refractivity contribution in [3.8, 4) is 16.3 Å². The molecule has 1 heterocycles. The van der Waals surface area contributed by atoms with E-state index in [0.717, 1.165) is 31.3 Å². The molecule has 0 saturated heterocycles. The van der Waals surface area contributed by atoms with E-state index < -0.39 is 0 Å². The molecule has 5 rings (SSSR count). The summed E-state index contributed by atoms with van der Waals surface area (Å²) in [6.07, 6.45) is 0. The van der Waals surface area contributed by atoms with E-state index in [4.69, 9.17) is 9.72 Å². The number of ether oxygens (including phenoxy) is 1. The van der Waals surface area contributed by atoms with Crippen LogP contribution in [0, 0.1) is 6.92 Å². The van der Waals surface area contributed by atoms with E-state index in [2.05, 4.69) is 40.3 Å². The lowest BCUT2D eigenvalue weighted by Gasteiger charge is -2.13. The average Bonchev–Trinajstić information content (AvgIpc) is 3.22. The quantitative estimate of drug-likeness (QED) is 0.277. The van der Waals surface area contributed by atoms with E-state index >= 15 is 0 Å². The Balaban J connectivity index is 1.42. The van der Waals surface area contributed by atoms with Crippen LogP contribution in [0.15, 0.2) is 77.3 Å². The molecule has 5 aromatic rings. The van der Waals surface area contributed by atoms with Gasteiger partial charge < -0.3 is 10.1 Å². The monoisotopic (exact) mass is 502 g/mol. The number of aryl methyl sites for hydroxylation is 1. The lowest BCUT2D eigenvalue weighted by atomic mass is 10.0. The Kier molecular flexibility index (Phi) is 5.41. The van der Waals surface area contributed by atoms with Gasteiger partial charge in [0.25, 0.3) is 5.91 Å². The topological polar surface area (TPSA) is 51.2 Å². The molecule has 0 radical (unpaired) electrons. The van der Waals surface area contributed by atoms with Crippen molar-refractivity contribution in [3.05, 3.63) is 88.4 Å². The van der Waals surface area contributed by atoms with Gasteiger partial charge in [0.15, 0.2) is 0 Å². The van der Waals surface area contributed by atoms with Crippen molar-refractivity contribution in [3.63, 3.8) is 0 Å². The second-order valence-corrected chi connectivity index (χ2v) is 9.34. The third kappa shape index (κ3) is 3.76. The zero-order valence-electron chi connectivity index (χ0n) is 17.5.